The number of carbonyl (C=O) groups excluding carboxylic acids is 1. The van der Waals surface area contributed by atoms with Crippen LogP contribution in [0.15, 0.2) is 33.9 Å². The van der Waals surface area contributed by atoms with Gasteiger partial charge in [0, 0.05) is 18.7 Å². The predicted octanol–water partition coefficient (Wildman–Crippen LogP) is 3.40. The van der Waals surface area contributed by atoms with E-state index >= 15 is 0 Å². The third kappa shape index (κ3) is 4.13. The van der Waals surface area contributed by atoms with Crippen molar-refractivity contribution in [3.63, 3.8) is 0 Å². The fourth-order valence-electron chi connectivity index (χ4n) is 2.79. The molecule has 1 aromatic carbocycles. The molecule has 2 heterocycles. The number of nitrogens with zero attached hydrogens (tertiary/aromatic N) is 3. The summed E-state index contributed by atoms with van der Waals surface area (Å²) in [6, 6.07) is 7.92. The summed E-state index contributed by atoms with van der Waals surface area (Å²) in [6.45, 7) is 5.94. The van der Waals surface area contributed by atoms with Crippen LogP contribution in [0.5, 0.6) is 0 Å². The zero-order chi connectivity index (χ0) is 16.2. The van der Waals surface area contributed by atoms with Crippen molar-refractivity contribution in [2.24, 2.45) is 5.92 Å². The summed E-state index contributed by atoms with van der Waals surface area (Å²) in [6.07, 6.45) is 2.30. The zero-order valence-electron chi connectivity index (χ0n) is 13.5. The fraction of sp³-hybridized carbons (Fsp3) is 0.471. The molecule has 1 aliphatic heterocycles. The SMILES string of the molecule is Cc1cccc(-c2nnc(SCC(=O)N3CCC[C@H](C)C3)o2)c1. The highest BCUT2D eigenvalue weighted by Crippen LogP contribution is 2.24. The Balaban J connectivity index is 1.58. The Bertz CT molecular complexity index is 686. The van der Waals surface area contributed by atoms with E-state index < -0.39 is 0 Å². The molecule has 1 saturated heterocycles. The van der Waals surface area contributed by atoms with Crippen LogP contribution in [0, 0.1) is 12.8 Å². The second kappa shape index (κ2) is 7.17. The molecule has 0 saturated carbocycles. The first-order chi connectivity index (χ1) is 11.1. The number of likely N-dealkylation sites (tertiary alicyclic amines) is 1. The highest BCUT2D eigenvalue weighted by molar-refractivity contribution is 7.99. The number of piperidine rings is 1. The van der Waals surface area contributed by atoms with E-state index in [0.29, 0.717) is 22.8 Å². The molecule has 1 aliphatic rings. The normalized spacial score (nSPS) is 18.2. The molecule has 1 atom stereocenters. The summed E-state index contributed by atoms with van der Waals surface area (Å²) in [7, 11) is 0. The maximum atomic E-state index is 12.3. The molecular weight excluding hydrogens is 310 g/mol. The van der Waals surface area contributed by atoms with Crippen molar-refractivity contribution in [2.75, 3.05) is 18.8 Å². The van der Waals surface area contributed by atoms with Crippen LogP contribution in [0.3, 0.4) is 0 Å². The van der Waals surface area contributed by atoms with Crippen molar-refractivity contribution in [1.29, 1.82) is 0 Å². The minimum atomic E-state index is 0.150. The smallest absolute Gasteiger partial charge is 0.277 e. The first-order valence-corrected chi connectivity index (χ1v) is 8.91. The van der Waals surface area contributed by atoms with Crippen molar-refractivity contribution in [2.45, 2.75) is 31.9 Å². The highest BCUT2D eigenvalue weighted by Gasteiger charge is 2.21. The number of aryl methyl sites for hydroxylation is 1. The van der Waals surface area contributed by atoms with Crippen LogP contribution in [-0.2, 0) is 4.79 Å². The number of hydrogen-bond acceptors (Lipinski definition) is 5. The molecule has 122 valence electrons. The number of hydrogen-bond donors (Lipinski definition) is 0. The lowest BCUT2D eigenvalue weighted by Gasteiger charge is -2.30. The quantitative estimate of drug-likeness (QED) is 0.804. The Labute approximate surface area is 140 Å². The number of rotatable bonds is 4. The summed E-state index contributed by atoms with van der Waals surface area (Å²) in [5.74, 6) is 1.59. The number of benzene rings is 1. The van der Waals surface area contributed by atoms with E-state index in [1.807, 2.05) is 36.1 Å². The molecule has 1 amide bonds. The van der Waals surface area contributed by atoms with Crippen LogP contribution in [0.25, 0.3) is 11.5 Å². The molecule has 1 fully saturated rings. The first kappa shape index (κ1) is 16.1. The Kier molecular flexibility index (Phi) is 5.00. The molecule has 3 rings (SSSR count). The van der Waals surface area contributed by atoms with Crippen molar-refractivity contribution < 1.29 is 9.21 Å². The van der Waals surface area contributed by atoms with Gasteiger partial charge in [-0.05, 0) is 37.8 Å². The van der Waals surface area contributed by atoms with Gasteiger partial charge in [0.1, 0.15) is 0 Å². The topological polar surface area (TPSA) is 59.2 Å². The Morgan fingerprint density at radius 1 is 1.43 bits per heavy atom. The van der Waals surface area contributed by atoms with Crippen LogP contribution in [-0.4, -0.2) is 39.8 Å². The molecule has 6 heteroatoms. The van der Waals surface area contributed by atoms with Gasteiger partial charge < -0.3 is 9.32 Å². The standard InChI is InChI=1S/C17H21N3O2S/c1-12-5-3-7-14(9-12)16-18-19-17(22-16)23-11-15(21)20-8-4-6-13(2)10-20/h3,5,7,9,13H,4,6,8,10-11H2,1-2H3/t13-/m0/s1. The monoisotopic (exact) mass is 331 g/mol. The largest absolute Gasteiger partial charge is 0.411 e. The van der Waals surface area contributed by atoms with Crippen molar-refractivity contribution >= 4 is 17.7 Å². The van der Waals surface area contributed by atoms with Gasteiger partial charge in [0.15, 0.2) is 0 Å². The van der Waals surface area contributed by atoms with Crippen LogP contribution in [0.1, 0.15) is 25.3 Å². The third-order valence-electron chi connectivity index (χ3n) is 4.00. The van der Waals surface area contributed by atoms with E-state index in [0.717, 1.165) is 30.6 Å². The van der Waals surface area contributed by atoms with Crippen LogP contribution < -0.4 is 0 Å². The summed E-state index contributed by atoms with van der Waals surface area (Å²) in [5, 5.41) is 8.54. The first-order valence-electron chi connectivity index (χ1n) is 7.93. The van der Waals surface area contributed by atoms with Crippen LogP contribution in [0.4, 0.5) is 0 Å². The van der Waals surface area contributed by atoms with Crippen molar-refractivity contribution in [3.8, 4) is 11.5 Å². The molecular formula is C17H21N3O2S. The van der Waals surface area contributed by atoms with Crippen molar-refractivity contribution in [1.82, 2.24) is 15.1 Å². The number of aromatic nitrogens is 2. The zero-order valence-corrected chi connectivity index (χ0v) is 14.3. The van der Waals surface area contributed by atoms with E-state index in [1.165, 1.54) is 18.2 Å². The second-order valence-electron chi connectivity index (χ2n) is 6.12. The van der Waals surface area contributed by atoms with Gasteiger partial charge in [-0.1, -0.05) is 36.4 Å². The number of amides is 1. The molecule has 0 radical (unpaired) electrons. The molecule has 5 nitrogen and oxygen atoms in total. The van der Waals surface area contributed by atoms with Gasteiger partial charge in [0.25, 0.3) is 5.22 Å². The highest BCUT2D eigenvalue weighted by atomic mass is 32.2. The molecule has 23 heavy (non-hydrogen) atoms. The van der Waals surface area contributed by atoms with E-state index in [-0.39, 0.29) is 5.91 Å². The average Bonchev–Trinajstić information content (AvgIpc) is 3.01. The van der Waals surface area contributed by atoms with E-state index in [2.05, 4.69) is 17.1 Å². The average molecular weight is 331 g/mol. The fourth-order valence-corrected chi connectivity index (χ4v) is 3.46. The predicted molar refractivity (Wildman–Crippen MR) is 90.2 cm³/mol. The van der Waals surface area contributed by atoms with Gasteiger partial charge in [-0.25, -0.2) is 0 Å². The van der Waals surface area contributed by atoms with Gasteiger partial charge >= 0.3 is 0 Å². The molecule has 0 bridgehead atoms. The maximum absolute atomic E-state index is 12.3. The summed E-state index contributed by atoms with van der Waals surface area (Å²) < 4.78 is 5.65. The Morgan fingerprint density at radius 2 is 2.30 bits per heavy atom. The van der Waals surface area contributed by atoms with Gasteiger partial charge in [0.05, 0.1) is 5.75 Å². The maximum Gasteiger partial charge on any atom is 0.277 e. The van der Waals surface area contributed by atoms with Crippen molar-refractivity contribution in [3.05, 3.63) is 29.8 Å². The lowest BCUT2D eigenvalue weighted by atomic mass is 10.0. The van der Waals surface area contributed by atoms with Gasteiger partial charge in [0.2, 0.25) is 11.8 Å². The van der Waals surface area contributed by atoms with Gasteiger partial charge in [-0.2, -0.15) is 0 Å². The lowest BCUT2D eigenvalue weighted by Crippen LogP contribution is -2.40. The van der Waals surface area contributed by atoms with E-state index in [4.69, 9.17) is 4.42 Å². The minimum Gasteiger partial charge on any atom is -0.411 e. The lowest BCUT2D eigenvalue weighted by molar-refractivity contribution is -0.130. The molecule has 0 N–H and O–H groups in total. The molecule has 0 unspecified atom stereocenters. The Hall–Kier alpha value is -1.82. The minimum absolute atomic E-state index is 0.150. The summed E-state index contributed by atoms with van der Waals surface area (Å²) >= 11 is 1.31. The summed E-state index contributed by atoms with van der Waals surface area (Å²) in [5.41, 5.74) is 2.05. The van der Waals surface area contributed by atoms with Gasteiger partial charge in [-0.15, -0.1) is 10.2 Å². The molecule has 2 aromatic rings. The second-order valence-corrected chi connectivity index (χ2v) is 7.05. The van der Waals surface area contributed by atoms with E-state index in [9.17, 15) is 4.79 Å². The number of carbonyl (C=O) groups is 1. The molecule has 0 aliphatic carbocycles. The van der Waals surface area contributed by atoms with E-state index in [1.54, 1.807) is 0 Å². The number of thioether (sulfide) groups is 1. The molecule has 0 spiro atoms. The summed E-state index contributed by atoms with van der Waals surface area (Å²) in [4.78, 5) is 14.2. The van der Waals surface area contributed by atoms with Crippen LogP contribution >= 0.6 is 11.8 Å². The van der Waals surface area contributed by atoms with Crippen LogP contribution in [0.2, 0.25) is 0 Å². The van der Waals surface area contributed by atoms with Gasteiger partial charge in [-0.3, -0.25) is 4.79 Å². The third-order valence-corrected chi connectivity index (χ3v) is 4.80. The molecule has 1 aromatic heterocycles. The Morgan fingerprint density at radius 3 is 3.09 bits per heavy atom.